The van der Waals surface area contributed by atoms with Gasteiger partial charge in [0, 0.05) is 13.2 Å². The second kappa shape index (κ2) is 6.36. The average molecular weight is 289 g/mol. The van der Waals surface area contributed by atoms with E-state index in [2.05, 4.69) is 10.3 Å². The van der Waals surface area contributed by atoms with Gasteiger partial charge in [0.05, 0.1) is 11.1 Å². The van der Waals surface area contributed by atoms with Crippen LogP contribution < -0.4 is 5.32 Å². The van der Waals surface area contributed by atoms with Gasteiger partial charge in [-0.1, -0.05) is 23.2 Å². The highest BCUT2D eigenvalue weighted by atomic mass is 35.5. The quantitative estimate of drug-likeness (QED) is 0.870. The first-order valence-corrected chi connectivity index (χ1v) is 6.64. The van der Waals surface area contributed by atoms with E-state index in [0.29, 0.717) is 11.6 Å². The fourth-order valence-electron chi connectivity index (χ4n) is 1.84. The number of nitrogens with zero attached hydrogens (tertiary/aromatic N) is 1. The van der Waals surface area contributed by atoms with Crippen molar-refractivity contribution in [2.24, 2.45) is 0 Å². The van der Waals surface area contributed by atoms with Crippen LogP contribution in [0.4, 0.5) is 0 Å². The first kappa shape index (κ1) is 13.6. The molecule has 18 heavy (non-hydrogen) atoms. The van der Waals surface area contributed by atoms with E-state index in [1.807, 2.05) is 0 Å². The molecule has 1 N–H and O–H groups in total. The Morgan fingerprint density at radius 2 is 2.28 bits per heavy atom. The Morgan fingerprint density at radius 1 is 1.44 bits per heavy atom. The van der Waals surface area contributed by atoms with Crippen LogP contribution in [0.15, 0.2) is 12.1 Å². The van der Waals surface area contributed by atoms with Crippen LogP contribution in [0, 0.1) is 0 Å². The lowest BCUT2D eigenvalue weighted by Crippen LogP contribution is -2.35. The van der Waals surface area contributed by atoms with Crippen LogP contribution in [0.1, 0.15) is 29.8 Å². The first-order chi connectivity index (χ1) is 8.66. The summed E-state index contributed by atoms with van der Waals surface area (Å²) in [6, 6.07) is 3.10. The molecule has 6 heteroatoms. The fourth-order valence-corrected chi connectivity index (χ4v) is 2.17. The molecule has 0 radical (unpaired) electrons. The Hall–Kier alpha value is -0.840. The zero-order chi connectivity index (χ0) is 13.0. The van der Waals surface area contributed by atoms with Gasteiger partial charge < -0.3 is 10.1 Å². The van der Waals surface area contributed by atoms with Crippen LogP contribution in [0.2, 0.25) is 10.2 Å². The van der Waals surface area contributed by atoms with Gasteiger partial charge >= 0.3 is 0 Å². The van der Waals surface area contributed by atoms with Crippen molar-refractivity contribution < 1.29 is 9.53 Å². The van der Waals surface area contributed by atoms with E-state index in [1.165, 1.54) is 0 Å². The molecular formula is C12H14Cl2N2O2. The summed E-state index contributed by atoms with van der Waals surface area (Å²) in [5.74, 6) is -0.323. The highest BCUT2D eigenvalue weighted by Gasteiger charge is 2.17. The Labute approximate surface area is 116 Å². The molecule has 4 nitrogen and oxygen atoms in total. The summed E-state index contributed by atoms with van der Waals surface area (Å²) >= 11 is 11.6. The Morgan fingerprint density at radius 3 is 3.00 bits per heavy atom. The molecule has 1 aromatic rings. The number of hydrogen-bond acceptors (Lipinski definition) is 3. The van der Waals surface area contributed by atoms with E-state index in [4.69, 9.17) is 27.9 Å². The van der Waals surface area contributed by atoms with Crippen molar-refractivity contribution in [3.63, 3.8) is 0 Å². The van der Waals surface area contributed by atoms with Gasteiger partial charge in [-0.3, -0.25) is 4.79 Å². The van der Waals surface area contributed by atoms with E-state index in [0.717, 1.165) is 25.9 Å². The van der Waals surface area contributed by atoms with Crippen molar-refractivity contribution in [3.8, 4) is 0 Å². The van der Waals surface area contributed by atoms with E-state index < -0.39 is 0 Å². The number of carbonyl (C=O) groups is 1. The van der Waals surface area contributed by atoms with Crippen molar-refractivity contribution in [1.82, 2.24) is 10.3 Å². The van der Waals surface area contributed by atoms with Crippen molar-refractivity contribution in [2.45, 2.75) is 25.4 Å². The Balaban J connectivity index is 1.92. The molecule has 1 atom stereocenters. The molecule has 1 amide bonds. The van der Waals surface area contributed by atoms with Crippen molar-refractivity contribution in [3.05, 3.63) is 28.0 Å². The van der Waals surface area contributed by atoms with Crippen LogP contribution >= 0.6 is 23.2 Å². The molecule has 2 rings (SSSR count). The van der Waals surface area contributed by atoms with Crippen LogP contribution in [-0.4, -0.2) is 30.1 Å². The number of nitrogens with one attached hydrogen (secondary N) is 1. The number of ether oxygens (including phenoxy) is 1. The van der Waals surface area contributed by atoms with Gasteiger partial charge in [0.25, 0.3) is 5.91 Å². The van der Waals surface area contributed by atoms with Gasteiger partial charge in [-0.05, 0) is 31.4 Å². The minimum Gasteiger partial charge on any atom is -0.376 e. The summed E-state index contributed by atoms with van der Waals surface area (Å²) in [6.45, 7) is 1.24. The topological polar surface area (TPSA) is 51.2 Å². The molecule has 0 bridgehead atoms. The molecule has 1 aliphatic heterocycles. The zero-order valence-electron chi connectivity index (χ0n) is 9.79. The normalized spacial score (nSPS) is 19.6. The van der Waals surface area contributed by atoms with E-state index >= 15 is 0 Å². The summed E-state index contributed by atoms with van der Waals surface area (Å²) in [5, 5.41) is 3.31. The number of amides is 1. The maximum atomic E-state index is 11.9. The minimum absolute atomic E-state index is 0.0839. The molecule has 1 unspecified atom stereocenters. The summed E-state index contributed by atoms with van der Waals surface area (Å²) < 4.78 is 5.52. The monoisotopic (exact) mass is 288 g/mol. The predicted molar refractivity (Wildman–Crippen MR) is 70.2 cm³/mol. The summed E-state index contributed by atoms with van der Waals surface area (Å²) in [5.41, 5.74) is 0.153. The Bertz CT molecular complexity index is 434. The molecule has 98 valence electrons. The molecule has 1 fully saturated rings. The van der Waals surface area contributed by atoms with Gasteiger partial charge in [0.2, 0.25) is 0 Å². The number of aromatic nitrogens is 1. The van der Waals surface area contributed by atoms with Crippen molar-refractivity contribution in [1.29, 1.82) is 0 Å². The van der Waals surface area contributed by atoms with E-state index in [1.54, 1.807) is 12.1 Å². The van der Waals surface area contributed by atoms with E-state index in [-0.39, 0.29) is 22.9 Å². The Kier molecular flexibility index (Phi) is 4.80. The smallest absolute Gasteiger partial charge is 0.271 e. The molecule has 0 spiro atoms. The summed E-state index contributed by atoms with van der Waals surface area (Å²) in [7, 11) is 0. The van der Waals surface area contributed by atoms with Gasteiger partial charge in [-0.15, -0.1) is 0 Å². The van der Waals surface area contributed by atoms with E-state index in [9.17, 15) is 4.79 Å². The highest BCUT2D eigenvalue weighted by molar-refractivity contribution is 6.34. The summed E-state index contributed by atoms with van der Waals surface area (Å²) in [6.07, 6.45) is 3.28. The van der Waals surface area contributed by atoms with Crippen molar-refractivity contribution >= 4 is 29.1 Å². The van der Waals surface area contributed by atoms with Crippen molar-refractivity contribution in [2.75, 3.05) is 13.2 Å². The third kappa shape index (κ3) is 3.57. The first-order valence-electron chi connectivity index (χ1n) is 5.88. The van der Waals surface area contributed by atoms with Gasteiger partial charge in [0.1, 0.15) is 10.8 Å². The fraction of sp³-hybridized carbons (Fsp3) is 0.500. The second-order valence-electron chi connectivity index (χ2n) is 4.16. The molecule has 2 heterocycles. The number of halogens is 2. The molecule has 0 aliphatic carbocycles. The SMILES string of the molecule is O=C(NCC1CCCCO1)c1nc(Cl)ccc1Cl. The lowest BCUT2D eigenvalue weighted by atomic mass is 10.1. The number of rotatable bonds is 3. The summed E-state index contributed by atoms with van der Waals surface area (Å²) in [4.78, 5) is 15.8. The van der Waals surface area contributed by atoms with Crippen LogP contribution in [0.5, 0.6) is 0 Å². The maximum Gasteiger partial charge on any atom is 0.271 e. The maximum absolute atomic E-state index is 11.9. The number of pyridine rings is 1. The van der Waals surface area contributed by atoms with Crippen LogP contribution in [0.25, 0.3) is 0 Å². The standard InChI is InChI=1S/C12H14Cl2N2O2/c13-9-4-5-10(14)16-11(9)12(17)15-7-8-3-1-2-6-18-8/h4-5,8H,1-3,6-7H2,(H,15,17). The van der Waals surface area contributed by atoms with Crippen LogP contribution in [0.3, 0.4) is 0 Å². The lowest BCUT2D eigenvalue weighted by molar-refractivity contribution is 0.0168. The highest BCUT2D eigenvalue weighted by Crippen LogP contribution is 2.17. The van der Waals surface area contributed by atoms with Gasteiger partial charge in [-0.2, -0.15) is 0 Å². The van der Waals surface area contributed by atoms with Crippen LogP contribution in [-0.2, 0) is 4.74 Å². The molecule has 0 aromatic carbocycles. The zero-order valence-corrected chi connectivity index (χ0v) is 11.3. The predicted octanol–water partition coefficient (Wildman–Crippen LogP) is 2.69. The number of carbonyl (C=O) groups excluding carboxylic acids is 1. The number of hydrogen-bond donors (Lipinski definition) is 1. The molecular weight excluding hydrogens is 275 g/mol. The molecule has 1 aromatic heterocycles. The molecule has 1 saturated heterocycles. The third-order valence-corrected chi connectivity index (χ3v) is 3.31. The minimum atomic E-state index is -0.323. The lowest BCUT2D eigenvalue weighted by Gasteiger charge is -2.22. The average Bonchev–Trinajstić information content (AvgIpc) is 2.40. The van der Waals surface area contributed by atoms with Gasteiger partial charge in [0.15, 0.2) is 0 Å². The second-order valence-corrected chi connectivity index (χ2v) is 4.96. The third-order valence-electron chi connectivity index (χ3n) is 2.79. The molecule has 1 aliphatic rings. The molecule has 0 saturated carbocycles. The van der Waals surface area contributed by atoms with Gasteiger partial charge in [-0.25, -0.2) is 4.98 Å². The largest absolute Gasteiger partial charge is 0.376 e.